The van der Waals surface area contributed by atoms with Crippen LogP contribution in [-0.4, -0.2) is 27.1 Å². The van der Waals surface area contributed by atoms with Gasteiger partial charge in [-0.2, -0.15) is 0 Å². The molecule has 1 N–H and O–H groups in total. The maximum atomic E-state index is 12.3. The summed E-state index contributed by atoms with van der Waals surface area (Å²) < 4.78 is 25.8. The number of carbonyl (C=O) groups is 1. The smallest absolute Gasteiger partial charge is 0.232 e. The van der Waals surface area contributed by atoms with E-state index in [-0.39, 0.29) is 24.9 Å². The number of carbonyl (C=O) groups excluding carboxylic acids is 1. The summed E-state index contributed by atoms with van der Waals surface area (Å²) in [6.07, 6.45) is 1.81. The van der Waals surface area contributed by atoms with Crippen LogP contribution >= 0.6 is 11.6 Å². The molecule has 1 amide bonds. The van der Waals surface area contributed by atoms with Crippen molar-refractivity contribution in [3.8, 4) is 0 Å². The van der Waals surface area contributed by atoms with Crippen molar-refractivity contribution in [2.45, 2.75) is 39.7 Å². The van der Waals surface area contributed by atoms with Crippen molar-refractivity contribution >= 4 is 33.2 Å². The Bertz CT molecular complexity index is 927. The van der Waals surface area contributed by atoms with Gasteiger partial charge in [-0.3, -0.25) is 9.10 Å². The van der Waals surface area contributed by atoms with Crippen molar-refractivity contribution in [2.24, 2.45) is 0 Å². The first-order valence-corrected chi connectivity index (χ1v) is 11.4. The monoisotopic (exact) mass is 422 g/mol. The molecule has 0 spiro atoms. The molecule has 2 aromatic carbocycles. The van der Waals surface area contributed by atoms with Gasteiger partial charge in [-0.05, 0) is 50.5 Å². The summed E-state index contributed by atoms with van der Waals surface area (Å²) in [7, 11) is -3.48. The predicted octanol–water partition coefficient (Wildman–Crippen LogP) is 4.38. The fraction of sp³-hybridized carbons (Fsp3) is 0.381. The lowest BCUT2D eigenvalue weighted by atomic mass is 10.1. The first kappa shape index (κ1) is 22.2. The molecule has 0 heterocycles. The van der Waals surface area contributed by atoms with Crippen molar-refractivity contribution in [3.63, 3.8) is 0 Å². The number of sulfonamides is 1. The van der Waals surface area contributed by atoms with Gasteiger partial charge in [0, 0.05) is 18.0 Å². The van der Waals surface area contributed by atoms with E-state index in [0.29, 0.717) is 17.1 Å². The molecule has 0 aliphatic rings. The molecule has 28 heavy (non-hydrogen) atoms. The zero-order valence-electron chi connectivity index (χ0n) is 16.7. The van der Waals surface area contributed by atoms with Gasteiger partial charge in [0.1, 0.15) is 0 Å². The average Bonchev–Trinajstić information content (AvgIpc) is 2.60. The molecule has 0 fully saturated rings. The van der Waals surface area contributed by atoms with E-state index < -0.39 is 10.0 Å². The Hall–Kier alpha value is -2.05. The van der Waals surface area contributed by atoms with E-state index in [1.807, 2.05) is 45.0 Å². The summed E-state index contributed by atoms with van der Waals surface area (Å²) in [5.41, 5.74) is 3.56. The van der Waals surface area contributed by atoms with Gasteiger partial charge in [-0.1, -0.05) is 47.5 Å². The van der Waals surface area contributed by atoms with E-state index in [1.54, 1.807) is 18.2 Å². The van der Waals surface area contributed by atoms with Gasteiger partial charge in [-0.15, -0.1) is 0 Å². The highest BCUT2D eigenvalue weighted by Crippen LogP contribution is 2.26. The molecule has 0 aliphatic carbocycles. The fourth-order valence-electron chi connectivity index (χ4n) is 2.95. The van der Waals surface area contributed by atoms with Crippen LogP contribution < -0.4 is 9.62 Å². The number of anilines is 1. The molecular formula is C21H27ClN2O3S. The second kappa shape index (κ2) is 9.43. The first-order chi connectivity index (χ1) is 13.1. The molecular weight excluding hydrogens is 396 g/mol. The van der Waals surface area contributed by atoms with E-state index in [4.69, 9.17) is 11.6 Å². The van der Waals surface area contributed by atoms with E-state index in [0.717, 1.165) is 17.4 Å². The van der Waals surface area contributed by atoms with Crippen LogP contribution in [0.2, 0.25) is 5.02 Å². The Labute approximate surface area is 172 Å². The maximum Gasteiger partial charge on any atom is 0.232 e. The van der Waals surface area contributed by atoms with Crippen LogP contribution in [0, 0.1) is 13.8 Å². The minimum absolute atomic E-state index is 0.103. The van der Waals surface area contributed by atoms with Crippen LogP contribution in [0.1, 0.15) is 42.5 Å². The number of aryl methyl sites for hydroxylation is 2. The SMILES string of the molecule is Cc1ccc(C(C)NC(=O)CCCN(c2cc(Cl)ccc2C)S(C)(=O)=O)cc1. The summed E-state index contributed by atoms with van der Waals surface area (Å²) in [4.78, 5) is 12.3. The Kier molecular flexibility index (Phi) is 7.49. The number of nitrogens with zero attached hydrogens (tertiary/aromatic N) is 1. The van der Waals surface area contributed by atoms with Crippen molar-refractivity contribution in [1.82, 2.24) is 5.32 Å². The van der Waals surface area contributed by atoms with Gasteiger partial charge in [0.2, 0.25) is 15.9 Å². The number of halogens is 1. The summed E-state index contributed by atoms with van der Waals surface area (Å²) in [6.45, 7) is 6.00. The minimum atomic E-state index is -3.48. The zero-order chi connectivity index (χ0) is 20.9. The first-order valence-electron chi connectivity index (χ1n) is 9.17. The van der Waals surface area contributed by atoms with Gasteiger partial charge >= 0.3 is 0 Å². The Balaban J connectivity index is 1.97. The number of nitrogens with one attached hydrogen (secondary N) is 1. The molecule has 2 aromatic rings. The molecule has 2 rings (SSSR count). The molecule has 0 aliphatic heterocycles. The highest BCUT2D eigenvalue weighted by Gasteiger charge is 2.20. The molecule has 5 nitrogen and oxygen atoms in total. The number of amides is 1. The highest BCUT2D eigenvalue weighted by molar-refractivity contribution is 7.92. The number of benzene rings is 2. The minimum Gasteiger partial charge on any atom is -0.350 e. The zero-order valence-corrected chi connectivity index (χ0v) is 18.3. The second-order valence-corrected chi connectivity index (χ2v) is 9.41. The standard InChI is InChI=1S/C21H27ClN2O3S/c1-15-7-10-18(11-8-15)17(3)23-21(25)6-5-13-24(28(4,26)27)20-14-19(22)12-9-16(20)2/h7-12,14,17H,5-6,13H2,1-4H3,(H,23,25). The highest BCUT2D eigenvalue weighted by atomic mass is 35.5. The van der Waals surface area contributed by atoms with Crippen molar-refractivity contribution in [2.75, 3.05) is 17.1 Å². The van der Waals surface area contributed by atoms with Gasteiger partial charge in [0.15, 0.2) is 0 Å². The van der Waals surface area contributed by atoms with Crippen LogP contribution in [0.15, 0.2) is 42.5 Å². The van der Waals surface area contributed by atoms with E-state index >= 15 is 0 Å². The average molecular weight is 423 g/mol. The largest absolute Gasteiger partial charge is 0.350 e. The topological polar surface area (TPSA) is 66.5 Å². The molecule has 0 radical (unpaired) electrons. The molecule has 7 heteroatoms. The van der Waals surface area contributed by atoms with Crippen molar-refractivity contribution in [3.05, 3.63) is 64.2 Å². The van der Waals surface area contributed by atoms with Crippen LogP contribution in [0.3, 0.4) is 0 Å². The molecule has 0 saturated carbocycles. The lowest BCUT2D eigenvalue weighted by Crippen LogP contribution is -2.33. The van der Waals surface area contributed by atoms with Crippen molar-refractivity contribution in [1.29, 1.82) is 0 Å². The van der Waals surface area contributed by atoms with Gasteiger partial charge in [0.25, 0.3) is 0 Å². The lowest BCUT2D eigenvalue weighted by Gasteiger charge is -2.24. The second-order valence-electron chi connectivity index (χ2n) is 7.07. The lowest BCUT2D eigenvalue weighted by molar-refractivity contribution is -0.121. The Morgan fingerprint density at radius 3 is 2.39 bits per heavy atom. The number of rotatable bonds is 8. The Morgan fingerprint density at radius 2 is 1.79 bits per heavy atom. The third-order valence-electron chi connectivity index (χ3n) is 4.56. The maximum absolute atomic E-state index is 12.3. The van der Waals surface area contributed by atoms with Crippen molar-refractivity contribution < 1.29 is 13.2 Å². The predicted molar refractivity (Wildman–Crippen MR) is 115 cm³/mol. The quantitative estimate of drug-likeness (QED) is 0.686. The Morgan fingerprint density at radius 1 is 1.14 bits per heavy atom. The molecule has 1 atom stereocenters. The van der Waals surface area contributed by atoms with E-state index in [1.165, 1.54) is 9.87 Å². The molecule has 0 bridgehead atoms. The van der Waals surface area contributed by atoms with E-state index in [2.05, 4.69) is 5.32 Å². The number of hydrogen-bond donors (Lipinski definition) is 1. The van der Waals surface area contributed by atoms with E-state index in [9.17, 15) is 13.2 Å². The number of hydrogen-bond acceptors (Lipinski definition) is 3. The molecule has 0 saturated heterocycles. The van der Waals surface area contributed by atoms with Gasteiger partial charge in [0.05, 0.1) is 18.0 Å². The summed E-state index contributed by atoms with van der Waals surface area (Å²) in [5.74, 6) is -0.107. The normalized spacial score (nSPS) is 12.5. The van der Waals surface area contributed by atoms with Crippen LogP contribution in [-0.2, 0) is 14.8 Å². The molecule has 1 unspecified atom stereocenters. The molecule has 152 valence electrons. The third-order valence-corrected chi connectivity index (χ3v) is 5.98. The summed E-state index contributed by atoms with van der Waals surface area (Å²) in [6, 6.07) is 13.0. The fourth-order valence-corrected chi connectivity index (χ4v) is 4.13. The summed E-state index contributed by atoms with van der Waals surface area (Å²) in [5, 5.41) is 3.43. The van der Waals surface area contributed by atoms with Gasteiger partial charge in [-0.25, -0.2) is 8.42 Å². The van der Waals surface area contributed by atoms with Crippen LogP contribution in [0.5, 0.6) is 0 Å². The van der Waals surface area contributed by atoms with Gasteiger partial charge < -0.3 is 5.32 Å². The van der Waals surface area contributed by atoms with Crippen LogP contribution in [0.25, 0.3) is 0 Å². The van der Waals surface area contributed by atoms with Crippen LogP contribution in [0.4, 0.5) is 5.69 Å². The third kappa shape index (κ3) is 6.24. The molecule has 0 aromatic heterocycles. The summed E-state index contributed by atoms with van der Waals surface area (Å²) >= 11 is 6.04.